The Hall–Kier alpha value is -3.13. The molecule has 3 aromatic rings. The topological polar surface area (TPSA) is 80.0 Å². The first-order chi connectivity index (χ1) is 15.2. The van der Waals surface area contributed by atoms with Crippen molar-refractivity contribution in [2.45, 2.75) is 32.2 Å². The van der Waals surface area contributed by atoms with Crippen LogP contribution in [0.1, 0.15) is 30.3 Å². The van der Waals surface area contributed by atoms with Crippen molar-refractivity contribution in [1.82, 2.24) is 29.6 Å². The van der Waals surface area contributed by atoms with E-state index in [1.165, 1.54) is 12.8 Å². The summed E-state index contributed by atoms with van der Waals surface area (Å²) in [5.74, 6) is 2.63. The lowest BCUT2D eigenvalue weighted by atomic mass is 10.2. The van der Waals surface area contributed by atoms with E-state index in [-0.39, 0.29) is 5.56 Å². The van der Waals surface area contributed by atoms with Crippen LogP contribution in [0, 0.1) is 6.92 Å². The Morgan fingerprint density at radius 1 is 1.03 bits per heavy atom. The van der Waals surface area contributed by atoms with Crippen LogP contribution in [0.3, 0.4) is 0 Å². The summed E-state index contributed by atoms with van der Waals surface area (Å²) in [6.07, 6.45) is 5.92. The molecular weight excluding hydrogens is 390 g/mol. The molecule has 0 N–H and O–H groups in total. The molecular formula is C23H27N7O. The average Bonchev–Trinajstić information content (AvgIpc) is 3.65. The maximum absolute atomic E-state index is 12.3. The zero-order chi connectivity index (χ0) is 21.2. The number of nitrogens with zero attached hydrogens (tertiary/aromatic N) is 7. The predicted octanol–water partition coefficient (Wildman–Crippen LogP) is 2.10. The third-order valence-corrected chi connectivity index (χ3v) is 5.95. The van der Waals surface area contributed by atoms with Crippen molar-refractivity contribution in [3.63, 3.8) is 0 Å². The summed E-state index contributed by atoms with van der Waals surface area (Å²) < 4.78 is 1.56. The standard InChI is InChI=1S/C23H27N7O/c1-17-15-21(26-23(25-17)18-4-5-18)29-12-9-28(10-13-29)11-14-30-22(31)7-6-20(27-30)19-3-2-8-24-16-19/h2-3,6-8,15-16,18H,4-5,9-14H2,1H3. The summed E-state index contributed by atoms with van der Waals surface area (Å²) >= 11 is 0. The molecule has 0 amide bonds. The fourth-order valence-electron chi connectivity index (χ4n) is 3.97. The summed E-state index contributed by atoms with van der Waals surface area (Å²) in [5.41, 5.74) is 2.65. The lowest BCUT2D eigenvalue weighted by molar-refractivity contribution is 0.242. The second-order valence-corrected chi connectivity index (χ2v) is 8.35. The fraction of sp³-hybridized carbons (Fsp3) is 0.435. The van der Waals surface area contributed by atoms with E-state index in [9.17, 15) is 4.79 Å². The van der Waals surface area contributed by atoms with Gasteiger partial charge >= 0.3 is 0 Å². The van der Waals surface area contributed by atoms with Crippen LogP contribution in [0.25, 0.3) is 11.3 Å². The van der Waals surface area contributed by atoms with E-state index in [0.717, 1.165) is 61.3 Å². The van der Waals surface area contributed by atoms with Gasteiger partial charge in [0.1, 0.15) is 11.6 Å². The van der Waals surface area contributed by atoms with Gasteiger partial charge in [0.15, 0.2) is 0 Å². The first kappa shape index (κ1) is 19.8. The first-order valence-corrected chi connectivity index (χ1v) is 11.0. The van der Waals surface area contributed by atoms with Crippen LogP contribution in [-0.4, -0.2) is 62.4 Å². The van der Waals surface area contributed by atoms with Gasteiger partial charge in [-0.1, -0.05) is 0 Å². The smallest absolute Gasteiger partial charge is 0.266 e. The molecule has 2 aliphatic rings. The molecule has 8 heteroatoms. The zero-order valence-corrected chi connectivity index (χ0v) is 17.8. The quantitative estimate of drug-likeness (QED) is 0.608. The van der Waals surface area contributed by atoms with E-state index in [4.69, 9.17) is 4.98 Å². The van der Waals surface area contributed by atoms with Crippen molar-refractivity contribution in [3.05, 3.63) is 64.6 Å². The van der Waals surface area contributed by atoms with E-state index >= 15 is 0 Å². The second kappa shape index (κ2) is 8.55. The van der Waals surface area contributed by atoms with Crippen molar-refractivity contribution in [2.24, 2.45) is 0 Å². The Kier molecular flexibility index (Phi) is 5.46. The minimum absolute atomic E-state index is 0.0738. The minimum Gasteiger partial charge on any atom is -0.354 e. The van der Waals surface area contributed by atoms with Crippen LogP contribution in [0.15, 0.2) is 47.5 Å². The number of aromatic nitrogens is 5. The normalized spacial score (nSPS) is 17.1. The second-order valence-electron chi connectivity index (χ2n) is 8.35. The molecule has 2 fully saturated rings. The number of rotatable bonds is 6. The van der Waals surface area contributed by atoms with Crippen molar-refractivity contribution in [2.75, 3.05) is 37.6 Å². The van der Waals surface area contributed by atoms with Crippen molar-refractivity contribution in [1.29, 1.82) is 0 Å². The van der Waals surface area contributed by atoms with Crippen molar-refractivity contribution in [3.8, 4) is 11.3 Å². The highest BCUT2D eigenvalue weighted by atomic mass is 16.1. The largest absolute Gasteiger partial charge is 0.354 e. The summed E-state index contributed by atoms with van der Waals surface area (Å²) in [6, 6.07) is 9.26. The third-order valence-electron chi connectivity index (χ3n) is 5.95. The van der Waals surface area contributed by atoms with Gasteiger partial charge in [-0.2, -0.15) is 5.10 Å². The van der Waals surface area contributed by atoms with Crippen molar-refractivity contribution >= 4 is 5.82 Å². The molecule has 4 heterocycles. The number of piperazine rings is 1. The van der Waals surface area contributed by atoms with Gasteiger partial charge in [-0.05, 0) is 38.0 Å². The van der Waals surface area contributed by atoms with Crippen molar-refractivity contribution < 1.29 is 0 Å². The van der Waals surface area contributed by atoms with E-state index in [2.05, 4.69) is 37.9 Å². The Labute approximate surface area is 181 Å². The minimum atomic E-state index is -0.0738. The molecule has 160 valence electrons. The molecule has 5 rings (SSSR count). The molecule has 1 saturated carbocycles. The zero-order valence-electron chi connectivity index (χ0n) is 17.8. The maximum atomic E-state index is 12.3. The highest BCUT2D eigenvalue weighted by molar-refractivity contribution is 5.56. The third kappa shape index (κ3) is 4.64. The highest BCUT2D eigenvalue weighted by Crippen LogP contribution is 2.38. The first-order valence-electron chi connectivity index (χ1n) is 11.0. The number of hydrogen-bond acceptors (Lipinski definition) is 7. The van der Waals surface area contributed by atoms with E-state index in [0.29, 0.717) is 12.5 Å². The number of anilines is 1. The fourth-order valence-corrected chi connectivity index (χ4v) is 3.97. The molecule has 0 radical (unpaired) electrons. The molecule has 0 atom stereocenters. The molecule has 0 spiro atoms. The van der Waals surface area contributed by atoms with Gasteiger partial charge in [-0.3, -0.25) is 14.7 Å². The average molecular weight is 418 g/mol. The van der Waals surface area contributed by atoms with Gasteiger partial charge in [-0.15, -0.1) is 0 Å². The predicted molar refractivity (Wildman–Crippen MR) is 119 cm³/mol. The molecule has 0 bridgehead atoms. The Balaban J connectivity index is 1.20. The lowest BCUT2D eigenvalue weighted by Crippen LogP contribution is -2.48. The van der Waals surface area contributed by atoms with Gasteiger partial charge in [-0.25, -0.2) is 14.6 Å². The van der Waals surface area contributed by atoms with Gasteiger partial charge in [0.25, 0.3) is 5.56 Å². The Morgan fingerprint density at radius 2 is 1.87 bits per heavy atom. The monoisotopic (exact) mass is 417 g/mol. The molecule has 0 aromatic carbocycles. The summed E-state index contributed by atoms with van der Waals surface area (Å²) in [6.45, 7) is 7.17. The summed E-state index contributed by atoms with van der Waals surface area (Å²) in [7, 11) is 0. The summed E-state index contributed by atoms with van der Waals surface area (Å²) in [5, 5.41) is 4.54. The maximum Gasteiger partial charge on any atom is 0.266 e. The lowest BCUT2D eigenvalue weighted by Gasteiger charge is -2.35. The van der Waals surface area contributed by atoms with E-state index in [1.54, 1.807) is 29.2 Å². The van der Waals surface area contributed by atoms with Crippen LogP contribution >= 0.6 is 0 Å². The molecule has 31 heavy (non-hydrogen) atoms. The molecule has 3 aromatic heterocycles. The van der Waals surface area contributed by atoms with E-state index in [1.807, 2.05) is 12.1 Å². The molecule has 1 aliphatic carbocycles. The summed E-state index contributed by atoms with van der Waals surface area (Å²) in [4.78, 5) is 30.6. The van der Waals surface area contributed by atoms with Crippen LogP contribution in [0.5, 0.6) is 0 Å². The van der Waals surface area contributed by atoms with Gasteiger partial charge < -0.3 is 4.90 Å². The van der Waals surface area contributed by atoms with E-state index < -0.39 is 0 Å². The number of hydrogen-bond donors (Lipinski definition) is 0. The SMILES string of the molecule is Cc1cc(N2CCN(CCn3nc(-c4cccnc4)ccc3=O)CC2)nc(C2CC2)n1. The van der Waals surface area contributed by atoms with Crippen LogP contribution < -0.4 is 10.5 Å². The Morgan fingerprint density at radius 3 is 2.61 bits per heavy atom. The number of pyridine rings is 1. The molecule has 8 nitrogen and oxygen atoms in total. The molecule has 1 saturated heterocycles. The van der Waals surface area contributed by atoms with Crippen LogP contribution in [0.4, 0.5) is 5.82 Å². The van der Waals surface area contributed by atoms with Gasteiger partial charge in [0.05, 0.1) is 12.2 Å². The molecule has 1 aliphatic heterocycles. The Bertz CT molecular complexity index is 1100. The molecule has 0 unspecified atom stereocenters. The van der Waals surface area contributed by atoms with Gasteiger partial charge in [0.2, 0.25) is 0 Å². The van der Waals surface area contributed by atoms with Gasteiger partial charge in [0, 0.05) is 74.4 Å². The highest BCUT2D eigenvalue weighted by Gasteiger charge is 2.28. The van der Waals surface area contributed by atoms with Crippen LogP contribution in [-0.2, 0) is 6.54 Å². The van der Waals surface area contributed by atoms with Crippen LogP contribution in [0.2, 0.25) is 0 Å². The number of aryl methyl sites for hydroxylation is 1.